The van der Waals surface area contributed by atoms with Crippen molar-refractivity contribution in [2.45, 2.75) is 307 Å². The van der Waals surface area contributed by atoms with Gasteiger partial charge in [-0.2, -0.15) is 0 Å². The van der Waals surface area contributed by atoms with Crippen LogP contribution in [0, 0.1) is 0 Å². The second-order valence-corrected chi connectivity index (χ2v) is 20.0. The number of ether oxygens (including phenoxy) is 3. The highest BCUT2D eigenvalue weighted by Crippen LogP contribution is 2.23. The van der Waals surface area contributed by atoms with Gasteiger partial charge in [0.15, 0.2) is 6.29 Å². The van der Waals surface area contributed by atoms with Crippen LogP contribution in [0.4, 0.5) is 0 Å². The molecule has 1 saturated heterocycles. The lowest BCUT2D eigenvalue weighted by Gasteiger charge is -2.40. The van der Waals surface area contributed by atoms with Crippen LogP contribution in [0.5, 0.6) is 0 Å². The second-order valence-electron chi connectivity index (χ2n) is 20.0. The summed E-state index contributed by atoms with van der Waals surface area (Å²) in [6.45, 7) is 4.28. The zero-order valence-corrected chi connectivity index (χ0v) is 43.8. The van der Waals surface area contributed by atoms with Gasteiger partial charge in [-0.15, -0.1) is 0 Å². The van der Waals surface area contributed by atoms with E-state index in [9.17, 15) is 35.1 Å². The van der Waals surface area contributed by atoms with Gasteiger partial charge in [-0.3, -0.25) is 9.59 Å². The second kappa shape index (κ2) is 47.5. The number of rotatable bonds is 49. The number of hydrogen-bond acceptors (Lipinski definition) is 10. The number of carbonyl (C=O) groups is 2. The van der Waals surface area contributed by atoms with Crippen LogP contribution in [0.3, 0.4) is 0 Å². The molecule has 0 aromatic rings. The zero-order chi connectivity index (χ0) is 49.6. The van der Waals surface area contributed by atoms with Gasteiger partial charge in [0.2, 0.25) is 5.91 Å². The molecule has 7 atom stereocenters. The zero-order valence-electron chi connectivity index (χ0n) is 43.8. The van der Waals surface area contributed by atoms with E-state index < -0.39 is 49.5 Å². The Balaban J connectivity index is 2.05. The normalized spacial score (nSPS) is 19.5. The van der Waals surface area contributed by atoms with Gasteiger partial charge in [0, 0.05) is 12.8 Å². The molecular formula is C57H107NO10. The first-order chi connectivity index (χ1) is 33.2. The molecule has 0 aromatic carbocycles. The Morgan fingerprint density at radius 2 is 0.941 bits per heavy atom. The lowest BCUT2D eigenvalue weighted by Crippen LogP contribution is -2.60. The monoisotopic (exact) mass is 966 g/mol. The average Bonchev–Trinajstić information content (AvgIpc) is 3.33. The van der Waals surface area contributed by atoms with Gasteiger partial charge in [0.1, 0.15) is 24.4 Å². The van der Waals surface area contributed by atoms with E-state index in [0.717, 1.165) is 70.6 Å². The molecule has 0 saturated carbocycles. The molecule has 1 aliphatic heterocycles. The van der Waals surface area contributed by atoms with Gasteiger partial charge in [-0.25, -0.2) is 0 Å². The van der Waals surface area contributed by atoms with Crippen molar-refractivity contribution in [2.24, 2.45) is 0 Å². The predicted octanol–water partition coefficient (Wildman–Crippen LogP) is 12.6. The number of aliphatic hydroxyl groups excluding tert-OH is 5. The van der Waals surface area contributed by atoms with Gasteiger partial charge in [0.25, 0.3) is 0 Å². The Kier molecular flexibility index (Phi) is 44.8. The third-order valence-electron chi connectivity index (χ3n) is 13.6. The van der Waals surface area contributed by atoms with Gasteiger partial charge in [-0.05, 0) is 57.8 Å². The molecule has 7 unspecified atom stereocenters. The van der Waals surface area contributed by atoms with E-state index >= 15 is 0 Å². The first-order valence-electron chi connectivity index (χ1n) is 28.6. The smallest absolute Gasteiger partial charge is 0.305 e. The molecule has 0 aromatic heterocycles. The fraction of sp³-hybridized carbons (Fsp3) is 0.895. The minimum atomic E-state index is -1.57. The summed E-state index contributed by atoms with van der Waals surface area (Å²) in [4.78, 5) is 25.1. The summed E-state index contributed by atoms with van der Waals surface area (Å²) in [5, 5.41) is 54.1. The molecule has 1 rings (SSSR count). The number of hydrogen-bond donors (Lipinski definition) is 6. The maximum absolute atomic E-state index is 13.0. The molecule has 68 heavy (non-hydrogen) atoms. The van der Waals surface area contributed by atoms with E-state index in [1.54, 1.807) is 6.08 Å². The first kappa shape index (κ1) is 64.2. The maximum atomic E-state index is 13.0. The number of carbonyl (C=O) groups excluding carboxylic acids is 2. The molecular weight excluding hydrogens is 859 g/mol. The lowest BCUT2D eigenvalue weighted by atomic mass is 9.99. The molecule has 1 heterocycles. The van der Waals surface area contributed by atoms with Crippen molar-refractivity contribution in [2.75, 3.05) is 19.8 Å². The highest BCUT2D eigenvalue weighted by Gasteiger charge is 2.44. The Labute approximate surface area is 416 Å². The van der Waals surface area contributed by atoms with Crippen molar-refractivity contribution in [1.29, 1.82) is 0 Å². The van der Waals surface area contributed by atoms with Crippen LogP contribution >= 0.6 is 0 Å². The van der Waals surface area contributed by atoms with Crippen molar-refractivity contribution in [3.05, 3.63) is 24.3 Å². The van der Waals surface area contributed by atoms with E-state index in [1.165, 1.54) is 167 Å². The van der Waals surface area contributed by atoms with E-state index in [4.69, 9.17) is 14.2 Å². The van der Waals surface area contributed by atoms with E-state index in [2.05, 4.69) is 31.3 Å². The van der Waals surface area contributed by atoms with Crippen molar-refractivity contribution in [1.82, 2.24) is 5.32 Å². The molecule has 400 valence electrons. The largest absolute Gasteiger partial charge is 0.466 e. The fourth-order valence-corrected chi connectivity index (χ4v) is 8.96. The number of esters is 1. The third-order valence-corrected chi connectivity index (χ3v) is 13.6. The summed E-state index contributed by atoms with van der Waals surface area (Å²) in [5.41, 5.74) is 0. The molecule has 0 bridgehead atoms. The number of amides is 1. The lowest BCUT2D eigenvalue weighted by molar-refractivity contribution is -0.302. The van der Waals surface area contributed by atoms with Crippen molar-refractivity contribution < 1.29 is 49.3 Å². The number of allylic oxidation sites excluding steroid dienone is 3. The number of nitrogens with one attached hydrogen (secondary N) is 1. The molecule has 0 radical (unpaired) electrons. The predicted molar refractivity (Wildman–Crippen MR) is 278 cm³/mol. The molecule has 11 nitrogen and oxygen atoms in total. The molecule has 1 aliphatic rings. The molecule has 1 amide bonds. The maximum Gasteiger partial charge on any atom is 0.305 e. The van der Waals surface area contributed by atoms with Gasteiger partial charge in [-0.1, -0.05) is 218 Å². The molecule has 0 spiro atoms. The summed E-state index contributed by atoms with van der Waals surface area (Å²) >= 11 is 0. The van der Waals surface area contributed by atoms with Gasteiger partial charge >= 0.3 is 5.97 Å². The van der Waals surface area contributed by atoms with Crippen molar-refractivity contribution in [3.8, 4) is 0 Å². The highest BCUT2D eigenvalue weighted by atomic mass is 16.7. The topological polar surface area (TPSA) is 175 Å². The minimum absolute atomic E-state index is 0.0261. The molecule has 11 heteroatoms. The first-order valence-corrected chi connectivity index (χ1v) is 28.6. The summed E-state index contributed by atoms with van der Waals surface area (Å²) in [7, 11) is 0. The molecule has 0 aliphatic carbocycles. The number of unbranched alkanes of at least 4 members (excludes halogenated alkanes) is 33. The van der Waals surface area contributed by atoms with Gasteiger partial charge in [0.05, 0.1) is 32.0 Å². The van der Waals surface area contributed by atoms with Crippen LogP contribution in [-0.2, 0) is 23.8 Å². The summed E-state index contributed by atoms with van der Waals surface area (Å²) < 4.78 is 16.7. The number of aliphatic hydroxyl groups is 5. The third kappa shape index (κ3) is 37.0. The standard InChI is InChI=1S/C57H107NO10/c1-3-5-7-9-11-13-14-15-16-19-22-25-29-33-37-41-45-53(62)66-46-42-38-34-30-26-23-20-17-18-21-24-28-32-36-40-44-52(61)58-49(50(60)43-39-35-31-27-12-10-8-6-4-2)48-67-57-56(65)55(64)54(63)51(47-59)68-57/h16,19,39,43,49-51,54-57,59-60,63-65H,3-15,17-18,20-38,40-42,44-48H2,1-2H3,(H,58,61)/b19-16-,43-39+. The van der Waals surface area contributed by atoms with Crippen molar-refractivity contribution >= 4 is 11.9 Å². The minimum Gasteiger partial charge on any atom is -0.466 e. The quantitative estimate of drug-likeness (QED) is 0.0196. The average molecular weight is 966 g/mol. The fourth-order valence-electron chi connectivity index (χ4n) is 8.96. The van der Waals surface area contributed by atoms with Crippen LogP contribution < -0.4 is 5.32 Å². The van der Waals surface area contributed by atoms with Gasteiger partial charge < -0.3 is 45.1 Å². The van der Waals surface area contributed by atoms with Crippen LogP contribution in [0.15, 0.2) is 24.3 Å². The summed E-state index contributed by atoms with van der Waals surface area (Å²) in [6.07, 6.45) is 45.5. The summed E-state index contributed by atoms with van der Waals surface area (Å²) in [6, 6.07) is -0.815. The molecule has 1 fully saturated rings. The van der Waals surface area contributed by atoms with Crippen LogP contribution in [0.25, 0.3) is 0 Å². The van der Waals surface area contributed by atoms with E-state index in [-0.39, 0.29) is 18.5 Å². The van der Waals surface area contributed by atoms with Crippen LogP contribution in [-0.4, -0.2) is 100 Å². The Bertz CT molecular complexity index is 1180. The summed E-state index contributed by atoms with van der Waals surface area (Å²) in [5.74, 6) is -0.219. The SMILES string of the molecule is CCCCCCCCC/C=C\CCCCCCCC(=O)OCCCCCCCCCCCCCCCCCC(=O)NC(COC1OC(CO)C(O)C(O)C1O)C(O)/C=C/CCCCCCCCC. The Morgan fingerprint density at radius 3 is 1.41 bits per heavy atom. The van der Waals surface area contributed by atoms with Crippen LogP contribution in [0.2, 0.25) is 0 Å². The van der Waals surface area contributed by atoms with Crippen molar-refractivity contribution in [3.63, 3.8) is 0 Å². The van der Waals surface area contributed by atoms with Crippen LogP contribution in [0.1, 0.15) is 264 Å². The Morgan fingerprint density at radius 1 is 0.529 bits per heavy atom. The highest BCUT2D eigenvalue weighted by molar-refractivity contribution is 5.76. The van der Waals surface area contributed by atoms with E-state index in [1.807, 2.05) is 6.08 Å². The Hall–Kier alpha value is -1.86. The molecule has 6 N–H and O–H groups in total. The van der Waals surface area contributed by atoms with E-state index in [0.29, 0.717) is 19.4 Å².